The second-order valence-electron chi connectivity index (χ2n) is 6.67. The molecule has 0 fully saturated rings. The molecule has 0 unspecified atom stereocenters. The van der Waals surface area contributed by atoms with Crippen molar-refractivity contribution in [2.45, 2.75) is 20.8 Å². The summed E-state index contributed by atoms with van der Waals surface area (Å²) in [7, 11) is 0. The molecular weight excluding hydrogens is 350 g/mol. The van der Waals surface area contributed by atoms with Gasteiger partial charge in [0.2, 0.25) is 0 Å². The topological polar surface area (TPSA) is 64.2 Å². The molecule has 2 aromatic heterocycles. The lowest BCUT2D eigenvalue weighted by Gasteiger charge is -2.16. The van der Waals surface area contributed by atoms with Gasteiger partial charge in [-0.2, -0.15) is 9.78 Å². The minimum absolute atomic E-state index is 0.0872. The van der Waals surface area contributed by atoms with Gasteiger partial charge in [0.1, 0.15) is 5.82 Å². The van der Waals surface area contributed by atoms with Crippen LogP contribution in [0.15, 0.2) is 70.6 Å². The van der Waals surface area contributed by atoms with E-state index in [0.29, 0.717) is 16.7 Å². The number of hydrazone groups is 1. The first-order valence-electron chi connectivity index (χ1n) is 9.08. The number of benzene rings is 2. The van der Waals surface area contributed by atoms with Gasteiger partial charge >= 0.3 is 0 Å². The zero-order valence-corrected chi connectivity index (χ0v) is 16.0. The van der Waals surface area contributed by atoms with Crippen molar-refractivity contribution in [3.05, 3.63) is 93.8 Å². The Morgan fingerprint density at radius 2 is 1.68 bits per heavy atom. The summed E-state index contributed by atoms with van der Waals surface area (Å²) < 4.78 is 3.51. The van der Waals surface area contributed by atoms with Crippen molar-refractivity contribution in [1.82, 2.24) is 14.3 Å². The minimum Gasteiger partial charge on any atom is -0.279 e. The summed E-state index contributed by atoms with van der Waals surface area (Å²) in [5.41, 5.74) is 7.33. The fraction of sp³-hybridized carbons (Fsp3) is 0.136. The Balaban J connectivity index is 1.76. The van der Waals surface area contributed by atoms with E-state index in [1.165, 1.54) is 0 Å². The molecule has 4 rings (SSSR count). The smallest absolute Gasteiger partial charge is 0.279 e. The lowest BCUT2D eigenvalue weighted by molar-refractivity contribution is 0.573. The van der Waals surface area contributed by atoms with E-state index >= 15 is 0 Å². The van der Waals surface area contributed by atoms with E-state index in [2.05, 4.69) is 15.5 Å². The van der Waals surface area contributed by atoms with Gasteiger partial charge in [-0.3, -0.25) is 14.9 Å². The van der Waals surface area contributed by atoms with Crippen LogP contribution in [-0.4, -0.2) is 20.6 Å². The van der Waals surface area contributed by atoms with Gasteiger partial charge in [-0.05, 0) is 51.1 Å². The molecule has 0 aliphatic carbocycles. The van der Waals surface area contributed by atoms with Crippen LogP contribution < -0.4 is 11.0 Å². The molecule has 0 saturated heterocycles. The predicted octanol–water partition coefficient (Wildman–Crippen LogP) is 3.88. The summed E-state index contributed by atoms with van der Waals surface area (Å²) in [5, 5.41) is 4.92. The highest BCUT2D eigenvalue weighted by Gasteiger charge is 2.15. The van der Waals surface area contributed by atoms with Crippen LogP contribution in [0.3, 0.4) is 0 Å². The summed E-state index contributed by atoms with van der Waals surface area (Å²) in [4.78, 5) is 17.7. The molecule has 0 atom stereocenters. The van der Waals surface area contributed by atoms with E-state index in [1.807, 2.05) is 80.0 Å². The first-order chi connectivity index (χ1) is 13.6. The zero-order chi connectivity index (χ0) is 19.7. The van der Waals surface area contributed by atoms with Gasteiger partial charge in [0.15, 0.2) is 0 Å². The Hall–Kier alpha value is -3.67. The molecular formula is C22H21N5O. The average molecular weight is 371 g/mol. The summed E-state index contributed by atoms with van der Waals surface area (Å²) in [5.74, 6) is 0.636. The molecule has 6 nitrogen and oxygen atoms in total. The van der Waals surface area contributed by atoms with E-state index < -0.39 is 0 Å². The van der Waals surface area contributed by atoms with Gasteiger partial charge in [-0.1, -0.05) is 30.3 Å². The van der Waals surface area contributed by atoms with Gasteiger partial charge in [0, 0.05) is 17.0 Å². The van der Waals surface area contributed by atoms with Gasteiger partial charge in [0.25, 0.3) is 5.56 Å². The lowest BCUT2D eigenvalue weighted by atomic mass is 10.2. The van der Waals surface area contributed by atoms with Gasteiger partial charge in [-0.15, -0.1) is 0 Å². The molecule has 1 N–H and O–H groups in total. The van der Waals surface area contributed by atoms with Crippen LogP contribution in [0.2, 0.25) is 0 Å². The molecule has 2 heterocycles. The first-order valence-corrected chi connectivity index (χ1v) is 9.08. The normalized spacial score (nSPS) is 11.4. The minimum atomic E-state index is -0.0872. The molecule has 4 aromatic rings. The molecule has 0 spiro atoms. The second kappa shape index (κ2) is 7.15. The molecule has 0 aliphatic heterocycles. The summed E-state index contributed by atoms with van der Waals surface area (Å²) >= 11 is 0. The Labute approximate surface area is 162 Å². The van der Waals surface area contributed by atoms with Crippen molar-refractivity contribution in [1.29, 1.82) is 0 Å². The van der Waals surface area contributed by atoms with Crippen LogP contribution >= 0.6 is 0 Å². The maximum atomic E-state index is 13.1. The molecule has 0 bridgehead atoms. The highest BCUT2D eigenvalue weighted by atomic mass is 16.1. The summed E-state index contributed by atoms with van der Waals surface area (Å²) in [6.45, 7) is 5.78. The third kappa shape index (κ3) is 3.09. The van der Waals surface area contributed by atoms with Crippen LogP contribution in [0, 0.1) is 20.8 Å². The van der Waals surface area contributed by atoms with Crippen LogP contribution in [0.5, 0.6) is 0 Å². The Morgan fingerprint density at radius 1 is 0.964 bits per heavy atom. The maximum Gasteiger partial charge on any atom is 0.280 e. The van der Waals surface area contributed by atoms with Crippen molar-refractivity contribution >= 4 is 22.8 Å². The first kappa shape index (κ1) is 17.7. The molecule has 28 heavy (non-hydrogen) atoms. The number of nitrogens with zero attached hydrogens (tertiary/aromatic N) is 4. The molecule has 0 radical (unpaired) electrons. The third-order valence-corrected chi connectivity index (χ3v) is 4.72. The molecule has 0 amide bonds. The van der Waals surface area contributed by atoms with Crippen LogP contribution in [0.25, 0.3) is 10.9 Å². The number of hydrogen-bond donors (Lipinski definition) is 1. The molecule has 6 heteroatoms. The van der Waals surface area contributed by atoms with E-state index in [-0.39, 0.29) is 5.56 Å². The quantitative estimate of drug-likeness (QED) is 0.437. The van der Waals surface area contributed by atoms with Crippen molar-refractivity contribution in [3.8, 4) is 0 Å². The maximum absolute atomic E-state index is 13.1. The summed E-state index contributed by atoms with van der Waals surface area (Å²) in [6, 6.07) is 19.2. The van der Waals surface area contributed by atoms with E-state index in [1.54, 1.807) is 17.0 Å². The highest BCUT2D eigenvalue weighted by Crippen LogP contribution is 2.16. The fourth-order valence-electron chi connectivity index (χ4n) is 3.38. The van der Waals surface area contributed by atoms with Crippen LogP contribution in [-0.2, 0) is 0 Å². The zero-order valence-electron chi connectivity index (χ0n) is 16.0. The van der Waals surface area contributed by atoms with Gasteiger partial charge < -0.3 is 0 Å². The largest absolute Gasteiger partial charge is 0.280 e. The van der Waals surface area contributed by atoms with E-state index in [4.69, 9.17) is 0 Å². The lowest BCUT2D eigenvalue weighted by Crippen LogP contribution is -2.30. The number of hydrogen-bond acceptors (Lipinski definition) is 4. The predicted molar refractivity (Wildman–Crippen MR) is 113 cm³/mol. The summed E-state index contributed by atoms with van der Waals surface area (Å²) in [6.07, 6.45) is 1.76. The second-order valence-corrected chi connectivity index (χ2v) is 6.67. The number of aryl methyl sites for hydroxylation is 2. The molecule has 140 valence electrons. The van der Waals surface area contributed by atoms with E-state index in [9.17, 15) is 4.79 Å². The SMILES string of the molecule is Cc1cc(C=NNc2ccccc2)c(C)n1-n1c(C)nc2ccccc2c1=O. The van der Waals surface area contributed by atoms with Gasteiger partial charge in [-0.25, -0.2) is 4.98 Å². The monoisotopic (exact) mass is 371 g/mol. The van der Waals surface area contributed by atoms with Gasteiger partial charge in [0.05, 0.1) is 22.8 Å². The third-order valence-electron chi connectivity index (χ3n) is 4.72. The van der Waals surface area contributed by atoms with Crippen LogP contribution in [0.4, 0.5) is 5.69 Å². The highest BCUT2D eigenvalue weighted by molar-refractivity contribution is 5.82. The van der Waals surface area contributed by atoms with E-state index in [0.717, 1.165) is 22.6 Å². The van der Waals surface area contributed by atoms with Crippen molar-refractivity contribution in [3.63, 3.8) is 0 Å². The Kier molecular flexibility index (Phi) is 4.53. The molecule has 0 saturated carbocycles. The average Bonchev–Trinajstić information content (AvgIpc) is 2.97. The molecule has 2 aromatic carbocycles. The fourth-order valence-corrected chi connectivity index (χ4v) is 3.38. The van der Waals surface area contributed by atoms with Crippen molar-refractivity contribution < 1.29 is 0 Å². The number of rotatable bonds is 4. The number of aromatic nitrogens is 3. The molecule has 0 aliphatic rings. The standard InChI is InChI=1S/C22H21N5O/c1-15-13-18(14-23-25-19-9-5-4-6-10-19)16(2)26(15)27-17(3)24-21-12-8-7-11-20(21)22(27)28/h4-14,25H,1-3H3. The number of anilines is 1. The Bertz CT molecular complexity index is 1240. The number of fused-ring (bicyclic) bond motifs is 1. The van der Waals surface area contributed by atoms with Crippen molar-refractivity contribution in [2.75, 3.05) is 5.43 Å². The number of nitrogens with one attached hydrogen (secondary N) is 1. The Morgan fingerprint density at radius 3 is 2.46 bits per heavy atom. The van der Waals surface area contributed by atoms with Crippen LogP contribution in [0.1, 0.15) is 22.8 Å². The van der Waals surface area contributed by atoms with Crippen molar-refractivity contribution in [2.24, 2.45) is 5.10 Å². The number of para-hydroxylation sites is 2.